The quantitative estimate of drug-likeness (QED) is 0.495. The Morgan fingerprint density at radius 2 is 1.97 bits per heavy atom. The zero-order valence-electron chi connectivity index (χ0n) is 18.0. The standard InChI is InChI=1S/C23H24F2N6O/c1-27-17-6-16(24)21(25)19-14(17)5-18-20(19)22(31-4-3-12(7-26)11-31)15(10-28-18)13-8-29-23(32-2)30-9-13/h6,8-10,12,27H,3-5,7,11,26H2,1-2H3. The number of pyridine rings is 1. The van der Waals surface area contributed by atoms with Crippen molar-refractivity contribution in [3.8, 4) is 28.3 Å². The highest BCUT2D eigenvalue weighted by atomic mass is 19.2. The largest absolute Gasteiger partial charge is 0.467 e. The van der Waals surface area contributed by atoms with Crippen molar-refractivity contribution >= 4 is 11.4 Å². The third-order valence-corrected chi connectivity index (χ3v) is 6.38. The Hall–Kier alpha value is -3.33. The van der Waals surface area contributed by atoms with E-state index in [0.29, 0.717) is 35.7 Å². The van der Waals surface area contributed by atoms with Gasteiger partial charge in [-0.15, -0.1) is 0 Å². The summed E-state index contributed by atoms with van der Waals surface area (Å²) in [5.41, 5.74) is 11.2. The van der Waals surface area contributed by atoms with E-state index in [2.05, 4.69) is 25.2 Å². The molecule has 0 bridgehead atoms. The average Bonchev–Trinajstić information content (AvgIpc) is 3.46. The maximum absolute atomic E-state index is 15.2. The molecular weight excluding hydrogens is 414 g/mol. The average molecular weight is 438 g/mol. The molecule has 0 radical (unpaired) electrons. The van der Waals surface area contributed by atoms with E-state index in [0.717, 1.165) is 42.0 Å². The van der Waals surface area contributed by atoms with Crippen molar-refractivity contribution in [2.24, 2.45) is 11.7 Å². The van der Waals surface area contributed by atoms with Crippen LogP contribution in [0.4, 0.5) is 20.2 Å². The first kappa shape index (κ1) is 20.6. The zero-order chi connectivity index (χ0) is 22.4. The van der Waals surface area contributed by atoms with Crippen LogP contribution in [-0.4, -0.2) is 48.7 Å². The molecule has 2 aliphatic rings. The van der Waals surface area contributed by atoms with Gasteiger partial charge in [-0.25, -0.2) is 18.7 Å². The number of benzene rings is 1. The number of aromatic nitrogens is 3. The third-order valence-electron chi connectivity index (χ3n) is 6.38. The van der Waals surface area contributed by atoms with Gasteiger partial charge in [-0.2, -0.15) is 0 Å². The van der Waals surface area contributed by atoms with Gasteiger partial charge in [0.2, 0.25) is 0 Å². The summed E-state index contributed by atoms with van der Waals surface area (Å²) in [4.78, 5) is 15.3. The molecule has 1 fully saturated rings. The molecular formula is C23H24F2N6O. The number of halogens is 2. The van der Waals surface area contributed by atoms with Gasteiger partial charge >= 0.3 is 6.01 Å². The van der Waals surface area contributed by atoms with Crippen LogP contribution >= 0.6 is 0 Å². The maximum atomic E-state index is 15.2. The molecule has 5 rings (SSSR count). The molecule has 0 saturated carbocycles. The number of fused-ring (bicyclic) bond motifs is 3. The Morgan fingerprint density at radius 3 is 2.62 bits per heavy atom. The Balaban J connectivity index is 1.76. The smallest absolute Gasteiger partial charge is 0.316 e. The molecule has 2 aromatic heterocycles. The Kier molecular flexibility index (Phi) is 5.13. The number of hydrogen-bond acceptors (Lipinski definition) is 7. The van der Waals surface area contributed by atoms with Crippen molar-refractivity contribution in [2.45, 2.75) is 12.8 Å². The molecule has 166 valence electrons. The van der Waals surface area contributed by atoms with E-state index in [9.17, 15) is 4.39 Å². The summed E-state index contributed by atoms with van der Waals surface area (Å²) in [6.45, 7) is 2.09. The van der Waals surface area contributed by atoms with Gasteiger partial charge in [0.1, 0.15) is 0 Å². The zero-order valence-corrected chi connectivity index (χ0v) is 18.0. The summed E-state index contributed by atoms with van der Waals surface area (Å²) in [6, 6.07) is 1.46. The first-order valence-corrected chi connectivity index (χ1v) is 10.6. The van der Waals surface area contributed by atoms with Crippen molar-refractivity contribution in [1.29, 1.82) is 0 Å². The highest BCUT2D eigenvalue weighted by molar-refractivity contribution is 5.96. The number of methoxy groups -OCH3 is 1. The number of nitrogens with one attached hydrogen (secondary N) is 1. The molecule has 32 heavy (non-hydrogen) atoms. The number of nitrogens with zero attached hydrogens (tertiary/aromatic N) is 4. The van der Waals surface area contributed by atoms with Crippen LogP contribution in [0.25, 0.3) is 22.3 Å². The van der Waals surface area contributed by atoms with Crippen molar-refractivity contribution in [3.63, 3.8) is 0 Å². The van der Waals surface area contributed by atoms with Crippen LogP contribution in [0.3, 0.4) is 0 Å². The topological polar surface area (TPSA) is 89.2 Å². The lowest BCUT2D eigenvalue weighted by atomic mass is 9.98. The summed E-state index contributed by atoms with van der Waals surface area (Å²) in [7, 11) is 3.21. The van der Waals surface area contributed by atoms with Crippen LogP contribution in [0.2, 0.25) is 0 Å². The molecule has 1 saturated heterocycles. The number of hydrogen-bond donors (Lipinski definition) is 2. The van der Waals surface area contributed by atoms with Gasteiger partial charge in [0.15, 0.2) is 11.6 Å². The van der Waals surface area contributed by atoms with Crippen molar-refractivity contribution in [3.05, 3.63) is 47.5 Å². The fourth-order valence-corrected chi connectivity index (χ4v) is 4.76. The fourth-order valence-electron chi connectivity index (χ4n) is 4.76. The molecule has 1 aromatic carbocycles. The van der Waals surface area contributed by atoms with Crippen molar-refractivity contribution in [2.75, 3.05) is 44.0 Å². The van der Waals surface area contributed by atoms with Gasteiger partial charge in [0, 0.05) is 79.2 Å². The van der Waals surface area contributed by atoms with Crippen molar-refractivity contribution < 1.29 is 13.5 Å². The lowest BCUT2D eigenvalue weighted by molar-refractivity contribution is 0.380. The summed E-state index contributed by atoms with van der Waals surface area (Å²) < 4.78 is 34.9. The fraction of sp³-hybridized carbons (Fsp3) is 0.348. The SMILES string of the molecule is CNc1cc(F)c(F)c2c1Cc1ncc(-c3cnc(OC)nc3)c(N3CCC(CN)C3)c1-2. The predicted octanol–water partition coefficient (Wildman–Crippen LogP) is 3.22. The van der Waals surface area contributed by atoms with E-state index in [1.165, 1.54) is 13.2 Å². The number of anilines is 2. The van der Waals surface area contributed by atoms with E-state index in [1.807, 2.05) is 0 Å². The predicted molar refractivity (Wildman–Crippen MR) is 119 cm³/mol. The Morgan fingerprint density at radius 1 is 1.19 bits per heavy atom. The Labute approximate surface area is 184 Å². The number of nitrogens with two attached hydrogens (primary N) is 1. The molecule has 7 nitrogen and oxygen atoms in total. The highest BCUT2D eigenvalue weighted by Gasteiger charge is 2.35. The number of rotatable bonds is 5. The summed E-state index contributed by atoms with van der Waals surface area (Å²) >= 11 is 0. The van der Waals surface area contributed by atoms with Gasteiger partial charge in [-0.3, -0.25) is 4.98 Å². The highest BCUT2D eigenvalue weighted by Crippen LogP contribution is 2.50. The van der Waals surface area contributed by atoms with Gasteiger partial charge in [-0.05, 0) is 24.4 Å². The third kappa shape index (κ3) is 3.15. The van der Waals surface area contributed by atoms with Gasteiger partial charge < -0.3 is 20.7 Å². The summed E-state index contributed by atoms with van der Waals surface area (Å²) in [5.74, 6) is -1.39. The lowest BCUT2D eigenvalue weighted by Crippen LogP contribution is -2.24. The van der Waals surface area contributed by atoms with Gasteiger partial charge in [0.25, 0.3) is 0 Å². The summed E-state index contributed by atoms with van der Waals surface area (Å²) in [6.07, 6.45) is 6.46. The second kappa shape index (κ2) is 7.98. The van der Waals surface area contributed by atoms with Crippen LogP contribution in [0, 0.1) is 17.6 Å². The summed E-state index contributed by atoms with van der Waals surface area (Å²) in [5, 5.41) is 3.00. The molecule has 1 aliphatic heterocycles. The van der Waals surface area contributed by atoms with E-state index in [1.54, 1.807) is 25.6 Å². The van der Waals surface area contributed by atoms with E-state index < -0.39 is 11.6 Å². The minimum absolute atomic E-state index is 0.255. The molecule has 0 amide bonds. The molecule has 3 heterocycles. The van der Waals surface area contributed by atoms with Crippen LogP contribution < -0.4 is 20.7 Å². The van der Waals surface area contributed by atoms with Crippen LogP contribution in [-0.2, 0) is 6.42 Å². The van der Waals surface area contributed by atoms with E-state index >= 15 is 4.39 Å². The second-order valence-corrected chi connectivity index (χ2v) is 8.14. The number of ether oxygens (including phenoxy) is 1. The first-order valence-electron chi connectivity index (χ1n) is 10.6. The lowest BCUT2D eigenvalue weighted by Gasteiger charge is -2.25. The van der Waals surface area contributed by atoms with Gasteiger partial charge in [0.05, 0.1) is 18.5 Å². The van der Waals surface area contributed by atoms with E-state index in [-0.39, 0.29) is 11.6 Å². The molecule has 1 atom stereocenters. The molecule has 3 aromatic rings. The molecule has 0 spiro atoms. The first-order chi connectivity index (χ1) is 15.5. The maximum Gasteiger partial charge on any atom is 0.316 e. The van der Waals surface area contributed by atoms with E-state index in [4.69, 9.17) is 10.5 Å². The second-order valence-electron chi connectivity index (χ2n) is 8.14. The minimum Gasteiger partial charge on any atom is -0.467 e. The minimum atomic E-state index is -0.883. The van der Waals surface area contributed by atoms with Crippen LogP contribution in [0.5, 0.6) is 6.01 Å². The van der Waals surface area contributed by atoms with Gasteiger partial charge in [-0.1, -0.05) is 0 Å². The molecule has 3 N–H and O–H groups in total. The van der Waals surface area contributed by atoms with Crippen LogP contribution in [0.1, 0.15) is 17.7 Å². The normalized spacial score (nSPS) is 16.8. The molecule has 9 heteroatoms. The molecule has 1 unspecified atom stereocenters. The monoisotopic (exact) mass is 438 g/mol. The van der Waals surface area contributed by atoms with Crippen LogP contribution in [0.15, 0.2) is 24.7 Å². The molecule has 1 aliphatic carbocycles. The van der Waals surface area contributed by atoms with Crippen molar-refractivity contribution in [1.82, 2.24) is 15.0 Å². The Bertz CT molecular complexity index is 1180.